The molecule has 2 amide bonds. The first kappa shape index (κ1) is 17.4. The van der Waals surface area contributed by atoms with Crippen LogP contribution in [0.15, 0.2) is 40.3 Å². The molecule has 2 aromatic rings. The second kappa shape index (κ2) is 7.65. The molecule has 7 heteroatoms. The summed E-state index contributed by atoms with van der Waals surface area (Å²) in [6, 6.07) is 8.35. The molecule has 0 fully saturated rings. The monoisotopic (exact) mass is 357 g/mol. The molecular weight excluding hydrogens is 338 g/mol. The van der Waals surface area contributed by atoms with Gasteiger partial charge in [0.05, 0.1) is 11.1 Å². The third-order valence-corrected chi connectivity index (χ3v) is 4.84. The number of nitrogens with zero attached hydrogens (tertiary/aromatic N) is 2. The number of aryl methyl sites for hydroxylation is 1. The predicted octanol–water partition coefficient (Wildman–Crippen LogP) is 2.50. The number of carbonyl (C=O) groups excluding carboxylic acids is 2. The van der Waals surface area contributed by atoms with E-state index in [9.17, 15) is 14.4 Å². The topological polar surface area (TPSA) is 83.1 Å². The first-order valence-corrected chi connectivity index (χ1v) is 9.27. The molecule has 0 radical (unpaired) electrons. The Hall–Kier alpha value is -2.41. The molecule has 1 aromatic heterocycles. The normalized spacial score (nSPS) is 13.4. The Labute approximate surface area is 149 Å². The number of carbonyl (C=O) groups is 2. The highest BCUT2D eigenvalue weighted by Crippen LogP contribution is 2.23. The molecule has 0 spiro atoms. The van der Waals surface area contributed by atoms with Gasteiger partial charge in [0, 0.05) is 24.1 Å². The van der Waals surface area contributed by atoms with Gasteiger partial charge in [-0.05, 0) is 25.0 Å². The number of thioether (sulfide) groups is 1. The quantitative estimate of drug-likeness (QED) is 0.468. The van der Waals surface area contributed by atoms with Crippen LogP contribution >= 0.6 is 11.8 Å². The molecule has 1 aliphatic rings. The van der Waals surface area contributed by atoms with Gasteiger partial charge in [-0.15, -0.1) is 0 Å². The molecule has 25 heavy (non-hydrogen) atoms. The van der Waals surface area contributed by atoms with Gasteiger partial charge in [0.2, 0.25) is 0 Å². The van der Waals surface area contributed by atoms with Gasteiger partial charge in [-0.1, -0.05) is 37.2 Å². The summed E-state index contributed by atoms with van der Waals surface area (Å²) in [4.78, 5) is 44.7. The lowest BCUT2D eigenvalue weighted by molar-refractivity contribution is 0.0664. The lowest BCUT2D eigenvalue weighted by Gasteiger charge is -2.13. The molecule has 0 bridgehead atoms. The number of aromatic nitrogens is 2. The Morgan fingerprint density at radius 2 is 1.80 bits per heavy atom. The fourth-order valence-electron chi connectivity index (χ4n) is 2.71. The maximum Gasteiger partial charge on any atom is 0.261 e. The molecule has 2 heterocycles. The Kier molecular flexibility index (Phi) is 5.33. The van der Waals surface area contributed by atoms with E-state index in [0.29, 0.717) is 22.0 Å². The second-order valence-corrected chi connectivity index (χ2v) is 6.89. The number of H-pyrrole nitrogens is 1. The molecule has 0 saturated heterocycles. The van der Waals surface area contributed by atoms with Crippen LogP contribution in [0.2, 0.25) is 0 Å². The van der Waals surface area contributed by atoms with Crippen LogP contribution in [0.1, 0.15) is 46.2 Å². The zero-order valence-corrected chi connectivity index (χ0v) is 14.8. The van der Waals surface area contributed by atoms with Gasteiger partial charge in [0.15, 0.2) is 5.16 Å². The highest BCUT2D eigenvalue weighted by atomic mass is 32.2. The van der Waals surface area contributed by atoms with Gasteiger partial charge < -0.3 is 4.98 Å². The summed E-state index contributed by atoms with van der Waals surface area (Å²) in [5.41, 5.74) is 1.49. The summed E-state index contributed by atoms with van der Waals surface area (Å²) >= 11 is 1.34. The fourth-order valence-corrected chi connectivity index (χ4v) is 3.54. The Balaban J connectivity index is 1.62. The Morgan fingerprint density at radius 1 is 1.12 bits per heavy atom. The van der Waals surface area contributed by atoms with Crippen LogP contribution in [-0.2, 0) is 6.42 Å². The maximum absolute atomic E-state index is 12.3. The van der Waals surface area contributed by atoms with E-state index in [1.165, 1.54) is 22.7 Å². The summed E-state index contributed by atoms with van der Waals surface area (Å²) in [7, 11) is 0. The summed E-state index contributed by atoms with van der Waals surface area (Å²) < 4.78 is 0. The summed E-state index contributed by atoms with van der Waals surface area (Å²) in [6.45, 7) is 2.37. The van der Waals surface area contributed by atoms with Crippen LogP contribution in [0.4, 0.5) is 0 Å². The summed E-state index contributed by atoms with van der Waals surface area (Å²) in [5.74, 6) is -0.0512. The summed E-state index contributed by atoms with van der Waals surface area (Å²) in [6.07, 6.45) is 2.79. The predicted molar refractivity (Wildman–Crippen MR) is 96.0 cm³/mol. The minimum absolute atomic E-state index is 0.177. The molecule has 0 unspecified atom stereocenters. The third-order valence-electron chi connectivity index (χ3n) is 3.99. The number of rotatable bonds is 7. The van der Waals surface area contributed by atoms with Crippen molar-refractivity contribution >= 4 is 23.6 Å². The molecule has 3 rings (SSSR count). The van der Waals surface area contributed by atoms with Crippen LogP contribution in [0.25, 0.3) is 0 Å². The van der Waals surface area contributed by atoms with Gasteiger partial charge in [-0.2, -0.15) is 0 Å². The zero-order valence-electron chi connectivity index (χ0n) is 13.9. The highest BCUT2D eigenvalue weighted by molar-refractivity contribution is 7.99. The van der Waals surface area contributed by atoms with E-state index in [1.54, 1.807) is 24.3 Å². The minimum atomic E-state index is -0.264. The molecular formula is C18H19N3O3S. The van der Waals surface area contributed by atoms with E-state index in [0.717, 1.165) is 25.0 Å². The first-order chi connectivity index (χ1) is 12.1. The van der Waals surface area contributed by atoms with Gasteiger partial charge in [0.25, 0.3) is 17.4 Å². The number of unbranched alkanes of at least 4 members (excludes halogenated alkanes) is 1. The van der Waals surface area contributed by atoms with Crippen molar-refractivity contribution in [3.05, 3.63) is 57.5 Å². The van der Waals surface area contributed by atoms with Crippen molar-refractivity contribution in [3.63, 3.8) is 0 Å². The number of fused-ring (bicyclic) bond motifs is 1. The molecule has 1 aromatic carbocycles. The Morgan fingerprint density at radius 3 is 2.44 bits per heavy atom. The summed E-state index contributed by atoms with van der Waals surface area (Å²) in [5, 5.41) is 0.523. The lowest BCUT2D eigenvalue weighted by Crippen LogP contribution is -2.31. The maximum atomic E-state index is 12.3. The van der Waals surface area contributed by atoms with Gasteiger partial charge in [-0.3, -0.25) is 19.3 Å². The van der Waals surface area contributed by atoms with Crippen molar-refractivity contribution in [3.8, 4) is 0 Å². The molecule has 1 N–H and O–H groups in total. The smallest absolute Gasteiger partial charge is 0.261 e. The Bertz CT molecular complexity index is 828. The van der Waals surface area contributed by atoms with Crippen LogP contribution < -0.4 is 5.56 Å². The van der Waals surface area contributed by atoms with E-state index < -0.39 is 0 Å². The lowest BCUT2D eigenvalue weighted by atomic mass is 10.1. The van der Waals surface area contributed by atoms with Crippen molar-refractivity contribution in [2.45, 2.75) is 31.3 Å². The highest BCUT2D eigenvalue weighted by Gasteiger charge is 2.34. The number of imide groups is 1. The SMILES string of the molecule is CCCCc1cc(=O)[nH]c(SCCN2C(=O)c3ccccc3C2=O)n1. The first-order valence-electron chi connectivity index (χ1n) is 8.28. The van der Waals surface area contributed by atoms with E-state index in [-0.39, 0.29) is 23.9 Å². The third kappa shape index (κ3) is 3.82. The van der Waals surface area contributed by atoms with Crippen LogP contribution in [-0.4, -0.2) is 39.0 Å². The van der Waals surface area contributed by atoms with Gasteiger partial charge in [-0.25, -0.2) is 4.98 Å². The number of aromatic amines is 1. The average Bonchev–Trinajstić information content (AvgIpc) is 2.85. The average molecular weight is 357 g/mol. The standard InChI is InChI=1S/C18H19N3O3S/c1-2-3-6-12-11-15(22)20-18(19-12)25-10-9-21-16(23)13-7-4-5-8-14(13)17(21)24/h4-5,7-8,11H,2-3,6,9-10H2,1H3,(H,19,20,22). The van der Waals surface area contributed by atoms with E-state index in [4.69, 9.17) is 0 Å². The zero-order chi connectivity index (χ0) is 17.8. The fraction of sp³-hybridized carbons (Fsp3) is 0.333. The van der Waals surface area contributed by atoms with Crippen molar-refractivity contribution < 1.29 is 9.59 Å². The molecule has 0 atom stereocenters. The number of hydrogen-bond acceptors (Lipinski definition) is 5. The molecule has 0 aliphatic carbocycles. The van der Waals surface area contributed by atoms with Crippen molar-refractivity contribution in [2.75, 3.05) is 12.3 Å². The van der Waals surface area contributed by atoms with Crippen molar-refractivity contribution in [1.29, 1.82) is 0 Å². The number of benzene rings is 1. The van der Waals surface area contributed by atoms with Crippen LogP contribution in [0.5, 0.6) is 0 Å². The molecule has 130 valence electrons. The van der Waals surface area contributed by atoms with Crippen LogP contribution in [0.3, 0.4) is 0 Å². The van der Waals surface area contributed by atoms with E-state index >= 15 is 0 Å². The number of hydrogen-bond donors (Lipinski definition) is 1. The van der Waals surface area contributed by atoms with Crippen molar-refractivity contribution in [2.24, 2.45) is 0 Å². The van der Waals surface area contributed by atoms with Gasteiger partial charge >= 0.3 is 0 Å². The molecule has 1 aliphatic heterocycles. The van der Waals surface area contributed by atoms with Gasteiger partial charge in [0.1, 0.15) is 0 Å². The molecule has 6 nitrogen and oxygen atoms in total. The van der Waals surface area contributed by atoms with Crippen LogP contribution in [0, 0.1) is 0 Å². The molecule has 0 saturated carbocycles. The largest absolute Gasteiger partial charge is 0.301 e. The van der Waals surface area contributed by atoms with E-state index in [1.807, 2.05) is 0 Å². The van der Waals surface area contributed by atoms with Crippen molar-refractivity contribution in [1.82, 2.24) is 14.9 Å². The second-order valence-electron chi connectivity index (χ2n) is 5.80. The minimum Gasteiger partial charge on any atom is -0.301 e. The number of amides is 2. The number of nitrogens with one attached hydrogen (secondary N) is 1. The van der Waals surface area contributed by atoms with E-state index in [2.05, 4.69) is 16.9 Å².